The van der Waals surface area contributed by atoms with Gasteiger partial charge in [0.1, 0.15) is 0 Å². The number of hydrogen-bond donors (Lipinski definition) is 1. The first-order chi connectivity index (χ1) is 8.24. The fourth-order valence-corrected chi connectivity index (χ4v) is 3.22. The molecule has 3 unspecified atom stereocenters. The molecule has 1 fully saturated rings. The molecule has 2 nitrogen and oxygen atoms in total. The van der Waals surface area contributed by atoms with Crippen molar-refractivity contribution in [3.63, 3.8) is 0 Å². The summed E-state index contributed by atoms with van der Waals surface area (Å²) in [6, 6.07) is 8.79. The summed E-state index contributed by atoms with van der Waals surface area (Å²) in [5.74, 6) is 1.16. The standard InChI is InChI=1S/C15H21NO/c1-11-9-16(7-6-15(11)17)10-13-8-12-4-2-3-5-14(12)13/h2-5,11,13,15,17H,6-10H2,1H3. The van der Waals surface area contributed by atoms with Crippen LogP contribution in [0, 0.1) is 5.92 Å². The molecular formula is C15H21NO. The van der Waals surface area contributed by atoms with Gasteiger partial charge in [0.2, 0.25) is 0 Å². The van der Waals surface area contributed by atoms with Crippen molar-refractivity contribution in [1.82, 2.24) is 4.90 Å². The number of hydrogen-bond acceptors (Lipinski definition) is 2. The van der Waals surface area contributed by atoms with Gasteiger partial charge in [-0.1, -0.05) is 31.2 Å². The van der Waals surface area contributed by atoms with E-state index < -0.39 is 0 Å². The predicted molar refractivity (Wildman–Crippen MR) is 69.1 cm³/mol. The smallest absolute Gasteiger partial charge is 0.0590 e. The third-order valence-corrected chi connectivity index (χ3v) is 4.38. The summed E-state index contributed by atoms with van der Waals surface area (Å²) < 4.78 is 0. The Labute approximate surface area is 103 Å². The van der Waals surface area contributed by atoms with Crippen molar-refractivity contribution in [2.75, 3.05) is 19.6 Å². The van der Waals surface area contributed by atoms with Crippen molar-refractivity contribution in [3.8, 4) is 0 Å². The van der Waals surface area contributed by atoms with Gasteiger partial charge in [-0.05, 0) is 29.9 Å². The molecule has 2 heteroatoms. The monoisotopic (exact) mass is 231 g/mol. The number of nitrogens with zero attached hydrogens (tertiary/aromatic N) is 1. The molecule has 1 aromatic carbocycles. The Bertz CT molecular complexity index is 404. The molecule has 0 radical (unpaired) electrons. The second kappa shape index (κ2) is 4.43. The van der Waals surface area contributed by atoms with Crippen LogP contribution in [0.5, 0.6) is 0 Å². The van der Waals surface area contributed by atoms with Crippen molar-refractivity contribution in [1.29, 1.82) is 0 Å². The largest absolute Gasteiger partial charge is 0.393 e. The Hall–Kier alpha value is -0.860. The van der Waals surface area contributed by atoms with Crippen LogP contribution in [0.15, 0.2) is 24.3 Å². The molecule has 3 rings (SSSR count). The van der Waals surface area contributed by atoms with E-state index in [1.807, 2.05) is 0 Å². The minimum Gasteiger partial charge on any atom is -0.393 e. The summed E-state index contributed by atoms with van der Waals surface area (Å²) >= 11 is 0. The highest BCUT2D eigenvalue weighted by atomic mass is 16.3. The molecule has 0 spiro atoms. The number of likely N-dealkylation sites (tertiary alicyclic amines) is 1. The first-order valence-corrected chi connectivity index (χ1v) is 6.72. The summed E-state index contributed by atoms with van der Waals surface area (Å²) in [6.45, 7) is 5.45. The first kappa shape index (κ1) is 11.2. The third-order valence-electron chi connectivity index (χ3n) is 4.38. The van der Waals surface area contributed by atoms with Gasteiger partial charge < -0.3 is 10.0 Å². The fourth-order valence-electron chi connectivity index (χ4n) is 3.22. The molecule has 1 aliphatic heterocycles. The molecule has 0 bridgehead atoms. The van der Waals surface area contributed by atoms with Crippen LogP contribution in [0.4, 0.5) is 0 Å². The number of aliphatic hydroxyl groups excluding tert-OH is 1. The molecular weight excluding hydrogens is 210 g/mol. The molecule has 0 amide bonds. The summed E-state index contributed by atoms with van der Waals surface area (Å²) in [4.78, 5) is 2.53. The van der Waals surface area contributed by atoms with E-state index in [1.54, 1.807) is 5.56 Å². The second-order valence-electron chi connectivity index (χ2n) is 5.69. The maximum Gasteiger partial charge on any atom is 0.0590 e. The van der Waals surface area contributed by atoms with E-state index in [2.05, 4.69) is 36.1 Å². The number of aliphatic hydroxyl groups is 1. The van der Waals surface area contributed by atoms with Crippen LogP contribution in [0.25, 0.3) is 0 Å². The average Bonchev–Trinajstić information content (AvgIpc) is 2.31. The predicted octanol–water partition coefficient (Wildman–Crippen LogP) is 2.03. The zero-order chi connectivity index (χ0) is 11.8. The van der Waals surface area contributed by atoms with Crippen molar-refractivity contribution >= 4 is 0 Å². The summed E-state index contributed by atoms with van der Waals surface area (Å²) in [6.07, 6.45) is 2.10. The molecule has 1 saturated heterocycles. The van der Waals surface area contributed by atoms with Crippen molar-refractivity contribution in [2.45, 2.75) is 31.8 Å². The van der Waals surface area contributed by atoms with E-state index in [0.29, 0.717) is 5.92 Å². The molecule has 1 aromatic rings. The van der Waals surface area contributed by atoms with Crippen molar-refractivity contribution in [2.24, 2.45) is 5.92 Å². The fraction of sp³-hybridized carbons (Fsp3) is 0.600. The van der Waals surface area contributed by atoms with Crippen molar-refractivity contribution in [3.05, 3.63) is 35.4 Å². The molecule has 3 atom stereocenters. The Balaban J connectivity index is 1.59. The average molecular weight is 231 g/mol. The quantitative estimate of drug-likeness (QED) is 0.842. The first-order valence-electron chi connectivity index (χ1n) is 6.72. The van der Waals surface area contributed by atoms with Gasteiger partial charge in [0.05, 0.1) is 6.10 Å². The Kier molecular flexibility index (Phi) is 2.93. The van der Waals surface area contributed by atoms with E-state index in [1.165, 1.54) is 18.5 Å². The van der Waals surface area contributed by atoms with Crippen LogP contribution in [-0.4, -0.2) is 35.7 Å². The van der Waals surface area contributed by atoms with Gasteiger partial charge in [0, 0.05) is 25.6 Å². The molecule has 1 heterocycles. The highest BCUT2D eigenvalue weighted by Crippen LogP contribution is 2.35. The molecule has 17 heavy (non-hydrogen) atoms. The van der Waals surface area contributed by atoms with Gasteiger partial charge in [-0.2, -0.15) is 0 Å². The summed E-state index contributed by atoms with van der Waals surface area (Å²) in [5.41, 5.74) is 3.08. The Morgan fingerprint density at radius 3 is 2.94 bits per heavy atom. The van der Waals surface area contributed by atoms with Crippen molar-refractivity contribution < 1.29 is 5.11 Å². The molecule has 92 valence electrons. The van der Waals surface area contributed by atoms with Crippen LogP contribution in [-0.2, 0) is 6.42 Å². The van der Waals surface area contributed by atoms with Gasteiger partial charge in [0.25, 0.3) is 0 Å². The minimum atomic E-state index is -0.0834. The number of piperidine rings is 1. The highest BCUT2D eigenvalue weighted by Gasteiger charge is 2.30. The van der Waals surface area contributed by atoms with E-state index in [9.17, 15) is 5.11 Å². The number of rotatable bonds is 2. The lowest BCUT2D eigenvalue weighted by Crippen LogP contribution is -2.44. The van der Waals surface area contributed by atoms with E-state index in [-0.39, 0.29) is 6.10 Å². The Morgan fingerprint density at radius 2 is 2.18 bits per heavy atom. The second-order valence-corrected chi connectivity index (χ2v) is 5.69. The number of fused-ring (bicyclic) bond motifs is 1. The summed E-state index contributed by atoms with van der Waals surface area (Å²) in [5, 5.41) is 9.73. The lowest BCUT2D eigenvalue weighted by Gasteiger charge is -2.39. The zero-order valence-electron chi connectivity index (χ0n) is 10.5. The van der Waals surface area contributed by atoms with Crippen LogP contribution in [0.2, 0.25) is 0 Å². The zero-order valence-corrected chi connectivity index (χ0v) is 10.5. The van der Waals surface area contributed by atoms with Crippen LogP contribution < -0.4 is 0 Å². The molecule has 2 aliphatic rings. The maximum atomic E-state index is 9.73. The van der Waals surface area contributed by atoms with Crippen LogP contribution >= 0.6 is 0 Å². The highest BCUT2D eigenvalue weighted by molar-refractivity contribution is 5.40. The van der Waals surface area contributed by atoms with E-state index >= 15 is 0 Å². The van der Waals surface area contributed by atoms with Crippen LogP contribution in [0.3, 0.4) is 0 Å². The van der Waals surface area contributed by atoms with Gasteiger partial charge in [-0.25, -0.2) is 0 Å². The van der Waals surface area contributed by atoms with Gasteiger partial charge >= 0.3 is 0 Å². The van der Waals surface area contributed by atoms with E-state index in [0.717, 1.165) is 25.4 Å². The maximum absolute atomic E-state index is 9.73. The molecule has 1 N–H and O–H groups in total. The lowest BCUT2D eigenvalue weighted by atomic mass is 9.77. The third kappa shape index (κ3) is 2.12. The molecule has 0 saturated carbocycles. The minimum absolute atomic E-state index is 0.0834. The lowest BCUT2D eigenvalue weighted by molar-refractivity contribution is 0.0319. The normalized spacial score (nSPS) is 32.9. The van der Waals surface area contributed by atoms with Crippen LogP contribution in [0.1, 0.15) is 30.4 Å². The SMILES string of the molecule is CC1CN(CC2Cc3ccccc32)CCC1O. The number of benzene rings is 1. The Morgan fingerprint density at radius 1 is 1.35 bits per heavy atom. The summed E-state index contributed by atoms with van der Waals surface area (Å²) in [7, 11) is 0. The topological polar surface area (TPSA) is 23.5 Å². The molecule has 1 aliphatic carbocycles. The van der Waals surface area contributed by atoms with E-state index in [4.69, 9.17) is 0 Å². The molecule has 0 aromatic heterocycles. The van der Waals surface area contributed by atoms with Gasteiger partial charge in [-0.15, -0.1) is 0 Å². The van der Waals surface area contributed by atoms with Gasteiger partial charge in [0.15, 0.2) is 0 Å². The van der Waals surface area contributed by atoms with Gasteiger partial charge in [-0.3, -0.25) is 0 Å².